The molecule has 0 radical (unpaired) electrons. The molecule has 2 aromatic rings. The minimum absolute atomic E-state index is 0.0607. The number of rotatable bonds is 3. The summed E-state index contributed by atoms with van der Waals surface area (Å²) < 4.78 is 3.60. The highest BCUT2D eigenvalue weighted by atomic mass is 79.9. The molecule has 2 atom stereocenters. The highest BCUT2D eigenvalue weighted by molar-refractivity contribution is 9.10. The van der Waals surface area contributed by atoms with Gasteiger partial charge in [0.1, 0.15) is 0 Å². The van der Waals surface area contributed by atoms with Gasteiger partial charge in [-0.25, -0.2) is 0 Å². The molecule has 1 aliphatic heterocycles. The van der Waals surface area contributed by atoms with Gasteiger partial charge in [-0.3, -0.25) is 14.3 Å². The SMILES string of the molecule is Cn1cc([C@H]2CNC[C@@H]2C(=O)Nc2cc(Br)c(=O)n(C)c2)cn1. The van der Waals surface area contributed by atoms with E-state index in [0.717, 1.165) is 12.1 Å². The van der Waals surface area contributed by atoms with Gasteiger partial charge < -0.3 is 15.2 Å². The summed E-state index contributed by atoms with van der Waals surface area (Å²) in [5.41, 5.74) is 1.51. The van der Waals surface area contributed by atoms with Crippen molar-refractivity contribution in [2.45, 2.75) is 5.92 Å². The maximum absolute atomic E-state index is 12.6. The molecule has 23 heavy (non-hydrogen) atoms. The summed E-state index contributed by atoms with van der Waals surface area (Å²) in [6.07, 6.45) is 5.37. The van der Waals surface area contributed by atoms with Gasteiger partial charge in [0.05, 0.1) is 22.3 Å². The second-order valence-electron chi connectivity index (χ2n) is 5.80. The van der Waals surface area contributed by atoms with Gasteiger partial charge in [-0.1, -0.05) is 0 Å². The molecule has 0 spiro atoms. The van der Waals surface area contributed by atoms with Crippen LogP contribution in [0, 0.1) is 5.92 Å². The number of aryl methyl sites for hydroxylation is 2. The molecule has 2 N–H and O–H groups in total. The van der Waals surface area contributed by atoms with Crippen LogP contribution in [0.15, 0.2) is 33.9 Å². The van der Waals surface area contributed by atoms with Crippen LogP contribution in [0.5, 0.6) is 0 Å². The number of amides is 1. The fourth-order valence-electron chi connectivity index (χ4n) is 2.91. The Morgan fingerprint density at radius 1 is 1.39 bits per heavy atom. The van der Waals surface area contributed by atoms with Crippen molar-refractivity contribution in [3.05, 3.63) is 45.0 Å². The van der Waals surface area contributed by atoms with Crippen LogP contribution in [-0.2, 0) is 18.9 Å². The predicted octanol–water partition coefficient (Wildman–Crippen LogP) is 0.823. The summed E-state index contributed by atoms with van der Waals surface area (Å²) in [5.74, 6) is -0.135. The Labute approximate surface area is 141 Å². The number of carbonyl (C=O) groups excluding carboxylic acids is 1. The van der Waals surface area contributed by atoms with Crippen LogP contribution in [0.3, 0.4) is 0 Å². The molecule has 8 heteroatoms. The summed E-state index contributed by atoms with van der Waals surface area (Å²) in [4.78, 5) is 24.3. The van der Waals surface area contributed by atoms with Gasteiger partial charge >= 0.3 is 0 Å². The van der Waals surface area contributed by atoms with Gasteiger partial charge in [0.25, 0.3) is 5.56 Å². The molecule has 122 valence electrons. The van der Waals surface area contributed by atoms with E-state index in [1.165, 1.54) is 4.57 Å². The molecule has 0 unspecified atom stereocenters. The van der Waals surface area contributed by atoms with Crippen molar-refractivity contribution in [2.24, 2.45) is 20.0 Å². The average Bonchev–Trinajstić information content (AvgIpc) is 3.12. The Morgan fingerprint density at radius 3 is 2.83 bits per heavy atom. The van der Waals surface area contributed by atoms with Crippen molar-refractivity contribution < 1.29 is 4.79 Å². The molecule has 0 aromatic carbocycles. The highest BCUT2D eigenvalue weighted by Gasteiger charge is 2.34. The van der Waals surface area contributed by atoms with E-state index in [4.69, 9.17) is 0 Å². The molecule has 0 bridgehead atoms. The minimum Gasteiger partial charge on any atom is -0.324 e. The van der Waals surface area contributed by atoms with Crippen LogP contribution in [0.2, 0.25) is 0 Å². The first kappa shape index (κ1) is 15.9. The fraction of sp³-hybridized carbons (Fsp3) is 0.400. The van der Waals surface area contributed by atoms with Gasteiger partial charge in [0.15, 0.2) is 0 Å². The monoisotopic (exact) mass is 379 g/mol. The normalized spacial score (nSPS) is 20.7. The zero-order chi connectivity index (χ0) is 16.6. The number of hydrogen-bond acceptors (Lipinski definition) is 4. The van der Waals surface area contributed by atoms with E-state index < -0.39 is 0 Å². The van der Waals surface area contributed by atoms with E-state index in [1.54, 1.807) is 30.2 Å². The quantitative estimate of drug-likeness (QED) is 0.827. The Morgan fingerprint density at radius 2 is 2.17 bits per heavy atom. The molecule has 1 fully saturated rings. The third-order valence-corrected chi connectivity index (χ3v) is 4.68. The number of nitrogens with zero attached hydrogens (tertiary/aromatic N) is 3. The minimum atomic E-state index is -0.171. The number of carbonyl (C=O) groups is 1. The average molecular weight is 380 g/mol. The Bertz CT molecular complexity index is 771. The smallest absolute Gasteiger partial charge is 0.264 e. The lowest BCUT2D eigenvalue weighted by molar-refractivity contribution is -0.119. The third kappa shape index (κ3) is 3.23. The van der Waals surface area contributed by atoms with E-state index in [-0.39, 0.29) is 23.3 Å². The van der Waals surface area contributed by atoms with Crippen LogP contribution >= 0.6 is 15.9 Å². The number of anilines is 1. The molecular weight excluding hydrogens is 362 g/mol. The van der Waals surface area contributed by atoms with E-state index in [1.807, 2.05) is 13.2 Å². The van der Waals surface area contributed by atoms with E-state index in [0.29, 0.717) is 16.7 Å². The molecule has 1 aliphatic rings. The predicted molar refractivity (Wildman–Crippen MR) is 90.3 cm³/mol. The van der Waals surface area contributed by atoms with Gasteiger partial charge in [-0.2, -0.15) is 5.10 Å². The molecule has 7 nitrogen and oxygen atoms in total. The van der Waals surface area contributed by atoms with Crippen LogP contribution < -0.4 is 16.2 Å². The number of hydrogen-bond donors (Lipinski definition) is 2. The van der Waals surface area contributed by atoms with Crippen LogP contribution in [-0.4, -0.2) is 33.3 Å². The summed E-state index contributed by atoms with van der Waals surface area (Å²) in [7, 11) is 3.52. The van der Waals surface area contributed by atoms with Gasteiger partial charge in [0, 0.05) is 45.5 Å². The summed E-state index contributed by atoms with van der Waals surface area (Å²) >= 11 is 3.21. The second-order valence-corrected chi connectivity index (χ2v) is 6.65. The number of aromatic nitrogens is 3. The van der Waals surface area contributed by atoms with E-state index in [2.05, 4.69) is 31.7 Å². The van der Waals surface area contributed by atoms with Crippen molar-refractivity contribution in [3.8, 4) is 0 Å². The zero-order valence-corrected chi connectivity index (χ0v) is 14.5. The van der Waals surface area contributed by atoms with Gasteiger partial charge in [-0.15, -0.1) is 0 Å². The Hall–Kier alpha value is -1.93. The van der Waals surface area contributed by atoms with Crippen LogP contribution in [0.4, 0.5) is 5.69 Å². The van der Waals surface area contributed by atoms with Crippen molar-refractivity contribution in [1.82, 2.24) is 19.7 Å². The fourth-order valence-corrected chi connectivity index (χ4v) is 3.44. The molecule has 0 aliphatic carbocycles. The standard InChI is InChI=1S/C15H18BrN5O2/c1-20-8-10(3-13(16)15(20)23)19-14(22)12-6-17-5-11(12)9-4-18-21(2)7-9/h3-4,7-8,11-12,17H,5-6H2,1-2H3,(H,19,22)/t11-,12+/m1/s1. The molecular formula is C15H18BrN5O2. The molecule has 1 amide bonds. The topological polar surface area (TPSA) is 81.0 Å². The van der Waals surface area contributed by atoms with Crippen LogP contribution in [0.1, 0.15) is 11.5 Å². The Balaban J connectivity index is 1.78. The zero-order valence-electron chi connectivity index (χ0n) is 12.9. The largest absolute Gasteiger partial charge is 0.324 e. The molecule has 1 saturated heterocycles. The third-order valence-electron chi connectivity index (χ3n) is 4.11. The molecule has 3 heterocycles. The number of pyridine rings is 1. The maximum atomic E-state index is 12.6. The first-order valence-electron chi connectivity index (χ1n) is 7.32. The number of halogens is 1. The summed E-state index contributed by atoms with van der Waals surface area (Å²) in [5, 5.41) is 10.4. The lowest BCUT2D eigenvalue weighted by Gasteiger charge is -2.17. The molecule has 0 saturated carbocycles. The maximum Gasteiger partial charge on any atom is 0.264 e. The summed E-state index contributed by atoms with van der Waals surface area (Å²) in [6.45, 7) is 1.37. The van der Waals surface area contributed by atoms with Crippen molar-refractivity contribution >= 4 is 27.5 Å². The lowest BCUT2D eigenvalue weighted by atomic mass is 9.90. The van der Waals surface area contributed by atoms with Crippen molar-refractivity contribution in [2.75, 3.05) is 18.4 Å². The second kappa shape index (κ2) is 6.29. The van der Waals surface area contributed by atoms with E-state index >= 15 is 0 Å². The number of nitrogens with one attached hydrogen (secondary N) is 2. The van der Waals surface area contributed by atoms with Gasteiger partial charge in [-0.05, 0) is 27.6 Å². The van der Waals surface area contributed by atoms with Crippen LogP contribution in [0.25, 0.3) is 0 Å². The Kier molecular flexibility index (Phi) is 4.36. The molecule has 3 rings (SSSR count). The van der Waals surface area contributed by atoms with Crippen molar-refractivity contribution in [1.29, 1.82) is 0 Å². The van der Waals surface area contributed by atoms with E-state index in [9.17, 15) is 9.59 Å². The molecule has 2 aromatic heterocycles. The van der Waals surface area contributed by atoms with Gasteiger partial charge in [0.2, 0.25) is 5.91 Å². The lowest BCUT2D eigenvalue weighted by Crippen LogP contribution is -2.29. The first-order chi connectivity index (χ1) is 11.0. The summed E-state index contributed by atoms with van der Waals surface area (Å²) in [6, 6.07) is 1.63. The highest BCUT2D eigenvalue weighted by Crippen LogP contribution is 2.28. The first-order valence-corrected chi connectivity index (χ1v) is 8.11. The van der Waals surface area contributed by atoms with Crippen molar-refractivity contribution in [3.63, 3.8) is 0 Å².